The summed E-state index contributed by atoms with van der Waals surface area (Å²) in [5, 5.41) is 9.07. The van der Waals surface area contributed by atoms with Crippen molar-refractivity contribution in [2.45, 2.75) is 24.4 Å². The predicted octanol–water partition coefficient (Wildman–Crippen LogP) is 3.31. The molecule has 7 nitrogen and oxygen atoms in total. The van der Waals surface area contributed by atoms with Crippen molar-refractivity contribution >= 4 is 37.7 Å². The quantitative estimate of drug-likeness (QED) is 0.649. The molecule has 1 fully saturated rings. The first-order chi connectivity index (χ1) is 14.4. The molecule has 0 aliphatic carbocycles. The Bertz CT molecular complexity index is 1080. The Hall–Kier alpha value is -2.18. The van der Waals surface area contributed by atoms with E-state index in [1.807, 2.05) is 0 Å². The van der Waals surface area contributed by atoms with Gasteiger partial charge in [-0.05, 0) is 42.3 Å². The molecule has 0 atom stereocenters. The number of hydrogen-bond acceptors (Lipinski definition) is 5. The minimum Gasteiger partial charge on any atom is -0.481 e. The lowest BCUT2D eigenvalue weighted by Crippen LogP contribution is -2.49. The molecule has 0 amide bonds. The van der Waals surface area contributed by atoms with Gasteiger partial charge in [0, 0.05) is 36.8 Å². The Kier molecular flexibility index (Phi) is 6.63. The van der Waals surface area contributed by atoms with E-state index in [0.29, 0.717) is 21.4 Å². The van der Waals surface area contributed by atoms with E-state index >= 15 is 0 Å². The van der Waals surface area contributed by atoms with Crippen molar-refractivity contribution in [3.8, 4) is 0 Å². The van der Waals surface area contributed by atoms with Gasteiger partial charge in [-0.1, -0.05) is 15.9 Å². The van der Waals surface area contributed by atoms with Crippen molar-refractivity contribution in [1.82, 2.24) is 9.29 Å². The van der Waals surface area contributed by atoms with Gasteiger partial charge in [0.05, 0.1) is 16.9 Å². The highest BCUT2D eigenvalue weighted by Crippen LogP contribution is 2.30. The van der Waals surface area contributed by atoms with Crippen LogP contribution in [0.5, 0.6) is 0 Å². The zero-order chi connectivity index (χ0) is 23.0. The van der Waals surface area contributed by atoms with Crippen LogP contribution in [0.4, 0.5) is 19.0 Å². The summed E-state index contributed by atoms with van der Waals surface area (Å²) in [5.41, 5.74) is 0.115. The molecular weight excluding hydrogens is 503 g/mol. The van der Waals surface area contributed by atoms with Gasteiger partial charge in [-0.3, -0.25) is 4.79 Å². The van der Waals surface area contributed by atoms with Crippen LogP contribution in [-0.2, 0) is 27.4 Å². The van der Waals surface area contributed by atoms with Gasteiger partial charge in [0.25, 0.3) is 0 Å². The molecule has 1 aromatic heterocycles. The van der Waals surface area contributed by atoms with Gasteiger partial charge in [-0.15, -0.1) is 0 Å². The first-order valence-electron chi connectivity index (χ1n) is 9.19. The number of rotatable bonds is 5. The van der Waals surface area contributed by atoms with Gasteiger partial charge >= 0.3 is 12.1 Å². The van der Waals surface area contributed by atoms with Gasteiger partial charge < -0.3 is 10.0 Å². The van der Waals surface area contributed by atoms with Gasteiger partial charge in [0.2, 0.25) is 10.0 Å². The lowest BCUT2D eigenvalue weighted by molar-refractivity contribution is -0.138. The summed E-state index contributed by atoms with van der Waals surface area (Å²) in [4.78, 5) is 16.7. The van der Waals surface area contributed by atoms with E-state index in [2.05, 4.69) is 20.9 Å². The molecule has 0 saturated carbocycles. The Balaban J connectivity index is 1.76. The van der Waals surface area contributed by atoms with E-state index < -0.39 is 27.7 Å². The molecule has 31 heavy (non-hydrogen) atoms. The highest BCUT2D eigenvalue weighted by Gasteiger charge is 2.32. The topological polar surface area (TPSA) is 90.8 Å². The number of carbonyl (C=O) groups is 1. The van der Waals surface area contributed by atoms with Crippen molar-refractivity contribution in [3.63, 3.8) is 0 Å². The average Bonchev–Trinajstić information content (AvgIpc) is 2.70. The number of nitrogens with zero attached hydrogens (tertiary/aromatic N) is 3. The monoisotopic (exact) mass is 521 g/mol. The third-order valence-electron chi connectivity index (χ3n) is 4.92. The van der Waals surface area contributed by atoms with Gasteiger partial charge in [-0.25, -0.2) is 13.4 Å². The fraction of sp³-hybridized carbons (Fsp3) is 0.368. The number of pyridine rings is 1. The number of benzene rings is 1. The van der Waals surface area contributed by atoms with E-state index in [1.54, 1.807) is 11.8 Å². The maximum atomic E-state index is 13.1. The molecule has 0 spiro atoms. The minimum atomic E-state index is -4.47. The molecule has 1 N–H and O–H groups in total. The maximum Gasteiger partial charge on any atom is 0.417 e. The Morgan fingerprint density at radius 1 is 1.19 bits per heavy atom. The van der Waals surface area contributed by atoms with E-state index in [-0.39, 0.29) is 37.5 Å². The Morgan fingerprint density at radius 3 is 2.35 bits per heavy atom. The second-order valence-corrected chi connectivity index (χ2v) is 9.81. The zero-order valence-corrected chi connectivity index (χ0v) is 18.8. The largest absolute Gasteiger partial charge is 0.481 e. The first kappa shape index (κ1) is 23.5. The summed E-state index contributed by atoms with van der Waals surface area (Å²) in [6.45, 7) is 2.44. The number of carboxylic acids is 1. The molecule has 3 rings (SSSR count). The molecule has 0 bridgehead atoms. The number of carboxylic acid groups (broad SMARTS) is 1. The number of sulfonamides is 1. The fourth-order valence-corrected chi connectivity index (χ4v) is 5.22. The molecule has 1 saturated heterocycles. The molecule has 0 unspecified atom stereocenters. The van der Waals surface area contributed by atoms with Crippen LogP contribution in [0.3, 0.4) is 0 Å². The highest BCUT2D eigenvalue weighted by molar-refractivity contribution is 9.10. The first-order valence-corrected chi connectivity index (χ1v) is 11.4. The summed E-state index contributed by atoms with van der Waals surface area (Å²) in [6, 6.07) is 5.04. The van der Waals surface area contributed by atoms with Crippen LogP contribution < -0.4 is 4.90 Å². The Morgan fingerprint density at radius 2 is 1.84 bits per heavy atom. The molecule has 1 aliphatic rings. The van der Waals surface area contributed by atoms with E-state index in [1.165, 1.54) is 22.5 Å². The fourth-order valence-electron chi connectivity index (χ4n) is 3.29. The van der Waals surface area contributed by atoms with E-state index in [0.717, 1.165) is 12.3 Å². The number of aliphatic carboxylic acids is 1. The van der Waals surface area contributed by atoms with Crippen LogP contribution in [0.2, 0.25) is 0 Å². The lowest BCUT2D eigenvalue weighted by Gasteiger charge is -2.34. The van der Waals surface area contributed by atoms with Crippen LogP contribution >= 0.6 is 15.9 Å². The number of piperazine rings is 1. The van der Waals surface area contributed by atoms with Gasteiger partial charge in [0.15, 0.2) is 0 Å². The SMILES string of the molecule is Cc1cc(S(=O)(=O)N2CCN(c3ccc(C(F)(F)F)cn3)CC2)cc(CC(=O)O)c1Br. The number of halogens is 4. The number of alkyl halides is 3. The average molecular weight is 522 g/mol. The number of anilines is 1. The number of aromatic nitrogens is 1. The highest BCUT2D eigenvalue weighted by atomic mass is 79.9. The van der Waals surface area contributed by atoms with Crippen LogP contribution in [0, 0.1) is 6.92 Å². The molecule has 0 radical (unpaired) electrons. The molecule has 2 aromatic rings. The van der Waals surface area contributed by atoms with Crippen LogP contribution in [0.15, 0.2) is 39.8 Å². The molecule has 168 valence electrons. The molecule has 1 aromatic carbocycles. The minimum absolute atomic E-state index is 0.00514. The predicted molar refractivity (Wildman–Crippen MR) is 110 cm³/mol. The van der Waals surface area contributed by atoms with Crippen molar-refractivity contribution in [1.29, 1.82) is 0 Å². The summed E-state index contributed by atoms with van der Waals surface area (Å²) >= 11 is 3.30. The standard InChI is InChI=1S/C19H19BrF3N3O4S/c1-12-8-15(9-13(18(12)20)10-17(27)28)31(29,30)26-6-4-25(5-7-26)16-3-2-14(11-24-16)19(21,22)23/h2-3,8-9,11H,4-7,10H2,1H3,(H,27,28). The second kappa shape index (κ2) is 8.75. The number of aryl methyl sites for hydroxylation is 1. The van der Waals surface area contributed by atoms with Crippen LogP contribution in [-0.4, -0.2) is 55.0 Å². The van der Waals surface area contributed by atoms with Crippen molar-refractivity contribution in [2.75, 3.05) is 31.1 Å². The van der Waals surface area contributed by atoms with E-state index in [4.69, 9.17) is 5.11 Å². The van der Waals surface area contributed by atoms with Gasteiger partial charge in [-0.2, -0.15) is 17.5 Å². The molecule has 2 heterocycles. The second-order valence-electron chi connectivity index (χ2n) is 7.08. The summed E-state index contributed by atoms with van der Waals surface area (Å²) < 4.78 is 66.1. The third-order valence-corrected chi connectivity index (χ3v) is 7.93. The summed E-state index contributed by atoms with van der Waals surface area (Å²) in [5.74, 6) is -0.736. The normalized spacial score (nSPS) is 15.8. The number of hydrogen-bond donors (Lipinski definition) is 1. The van der Waals surface area contributed by atoms with E-state index in [9.17, 15) is 26.4 Å². The summed E-state index contributed by atoms with van der Waals surface area (Å²) in [7, 11) is -3.87. The molecule has 12 heteroatoms. The lowest BCUT2D eigenvalue weighted by atomic mass is 10.1. The molecule has 1 aliphatic heterocycles. The van der Waals surface area contributed by atoms with Crippen molar-refractivity contribution in [2.24, 2.45) is 0 Å². The smallest absolute Gasteiger partial charge is 0.417 e. The van der Waals surface area contributed by atoms with Crippen LogP contribution in [0.25, 0.3) is 0 Å². The third kappa shape index (κ3) is 5.18. The Labute approximate surface area is 185 Å². The summed E-state index contributed by atoms with van der Waals surface area (Å²) in [6.07, 6.45) is -4.04. The zero-order valence-electron chi connectivity index (χ0n) is 16.4. The molecular formula is C19H19BrF3N3O4S. The van der Waals surface area contributed by atoms with Gasteiger partial charge in [0.1, 0.15) is 5.82 Å². The van der Waals surface area contributed by atoms with Crippen molar-refractivity contribution in [3.05, 3.63) is 51.6 Å². The maximum absolute atomic E-state index is 13.1. The van der Waals surface area contributed by atoms with Crippen molar-refractivity contribution < 1.29 is 31.5 Å². The van der Waals surface area contributed by atoms with Crippen LogP contribution in [0.1, 0.15) is 16.7 Å².